The molecule has 0 aliphatic carbocycles. The van der Waals surface area contributed by atoms with Gasteiger partial charge in [-0.2, -0.15) is 4.98 Å². The van der Waals surface area contributed by atoms with E-state index in [0.29, 0.717) is 5.78 Å². The van der Waals surface area contributed by atoms with Gasteiger partial charge in [-0.3, -0.25) is 9.97 Å². The normalized spacial score (nSPS) is 10.9. The second-order valence-electron chi connectivity index (χ2n) is 2.65. The van der Waals surface area contributed by atoms with Crippen molar-refractivity contribution < 1.29 is 0 Å². The van der Waals surface area contributed by atoms with Gasteiger partial charge in [0, 0.05) is 24.8 Å². The highest BCUT2D eigenvalue weighted by Gasteiger charge is 2.06. The topological polar surface area (TPSA) is 56.0 Å². The number of aromatic nitrogens is 5. The van der Waals surface area contributed by atoms with E-state index in [1.807, 2.05) is 9.99 Å². The van der Waals surface area contributed by atoms with Crippen LogP contribution in [0, 0.1) is 0 Å². The molecule has 0 atom stereocenters. The summed E-state index contributed by atoms with van der Waals surface area (Å²) in [5, 5.41) is 0.834. The van der Waals surface area contributed by atoms with Crippen molar-refractivity contribution in [1.29, 1.82) is 0 Å². The second-order valence-corrected chi connectivity index (χ2v) is 3.61. The molecule has 3 heterocycles. The van der Waals surface area contributed by atoms with E-state index in [4.69, 9.17) is 0 Å². The molecule has 0 N–H and O–H groups in total. The molecule has 0 fully saturated rings. The van der Waals surface area contributed by atoms with Gasteiger partial charge in [0.25, 0.3) is 0 Å². The summed E-state index contributed by atoms with van der Waals surface area (Å²) in [6, 6.07) is 0. The molecule has 3 rings (SSSR count). The van der Waals surface area contributed by atoms with Crippen LogP contribution in [0.15, 0.2) is 31.0 Å². The van der Waals surface area contributed by atoms with E-state index in [0.717, 1.165) is 10.7 Å². The van der Waals surface area contributed by atoms with Crippen LogP contribution in [0.1, 0.15) is 0 Å². The fourth-order valence-corrected chi connectivity index (χ4v) is 1.94. The Kier molecular flexibility index (Phi) is 1.54. The third-order valence-corrected chi connectivity index (χ3v) is 2.71. The van der Waals surface area contributed by atoms with E-state index in [-0.39, 0.29) is 0 Å². The Bertz CT molecular complexity index is 527. The predicted molar refractivity (Wildman–Crippen MR) is 51.9 cm³/mol. The molecule has 0 unspecified atom stereocenters. The Morgan fingerprint density at radius 1 is 1.14 bits per heavy atom. The summed E-state index contributed by atoms with van der Waals surface area (Å²) < 4.78 is 1.89. The molecular formula is C8H5N5S. The van der Waals surface area contributed by atoms with Crippen molar-refractivity contribution in [3.05, 3.63) is 31.0 Å². The van der Waals surface area contributed by atoms with Crippen molar-refractivity contribution in [2.75, 3.05) is 0 Å². The van der Waals surface area contributed by atoms with Crippen LogP contribution in [0.4, 0.5) is 0 Å². The molecular weight excluding hydrogens is 198 g/mol. The van der Waals surface area contributed by atoms with Gasteiger partial charge in [0.05, 0.1) is 6.20 Å². The zero-order valence-corrected chi connectivity index (χ0v) is 7.85. The van der Waals surface area contributed by atoms with E-state index >= 15 is 0 Å². The van der Waals surface area contributed by atoms with Crippen LogP contribution in [0.2, 0.25) is 0 Å². The average molecular weight is 203 g/mol. The van der Waals surface area contributed by atoms with Crippen LogP contribution in [-0.4, -0.2) is 23.7 Å². The first-order valence-electron chi connectivity index (χ1n) is 4.00. The van der Waals surface area contributed by atoms with Crippen LogP contribution in [0.3, 0.4) is 0 Å². The van der Waals surface area contributed by atoms with Crippen molar-refractivity contribution in [2.24, 2.45) is 0 Å². The average Bonchev–Trinajstić information content (AvgIpc) is 2.78. The first-order valence-corrected chi connectivity index (χ1v) is 4.77. The van der Waals surface area contributed by atoms with Crippen LogP contribution in [0.25, 0.3) is 16.5 Å². The van der Waals surface area contributed by atoms with Crippen molar-refractivity contribution in [2.45, 2.75) is 0 Å². The molecule has 0 aromatic carbocycles. The van der Waals surface area contributed by atoms with Crippen molar-refractivity contribution in [3.63, 3.8) is 0 Å². The summed E-state index contributed by atoms with van der Waals surface area (Å²) in [6.07, 6.45) is 8.58. The number of imidazole rings is 1. The van der Waals surface area contributed by atoms with Crippen molar-refractivity contribution in [3.8, 4) is 10.7 Å². The number of nitrogens with zero attached hydrogens (tertiary/aromatic N) is 5. The molecule has 6 heteroatoms. The molecule has 0 bridgehead atoms. The summed E-state index contributed by atoms with van der Waals surface area (Å²) in [5.74, 6) is 0.704. The maximum atomic E-state index is 4.31. The molecule has 0 aliphatic rings. The molecule has 5 nitrogen and oxygen atoms in total. The van der Waals surface area contributed by atoms with Gasteiger partial charge in [0.15, 0.2) is 5.01 Å². The summed E-state index contributed by atoms with van der Waals surface area (Å²) in [4.78, 5) is 16.5. The Balaban J connectivity index is 2.19. The minimum absolute atomic E-state index is 0.704. The van der Waals surface area contributed by atoms with Gasteiger partial charge in [-0.1, -0.05) is 0 Å². The number of hydrogen-bond acceptors (Lipinski definition) is 5. The predicted octanol–water partition coefficient (Wildman–Crippen LogP) is 1.25. The van der Waals surface area contributed by atoms with Crippen LogP contribution in [-0.2, 0) is 0 Å². The minimum Gasteiger partial charge on any atom is -0.261 e. The standard InChI is InChI=1S/C8H5N5S/c1-2-10-6(5-9-1)7-12-8-11-3-4-13(8)14-7/h1-5H. The lowest BCUT2D eigenvalue weighted by molar-refractivity contribution is 1.19. The highest BCUT2D eigenvalue weighted by Crippen LogP contribution is 2.20. The summed E-state index contributed by atoms with van der Waals surface area (Å²) in [5.41, 5.74) is 0.781. The number of hydrogen-bond donors (Lipinski definition) is 0. The maximum absolute atomic E-state index is 4.31. The van der Waals surface area contributed by atoms with Gasteiger partial charge in [-0.15, -0.1) is 0 Å². The number of rotatable bonds is 1. The van der Waals surface area contributed by atoms with Crippen LogP contribution >= 0.6 is 11.5 Å². The van der Waals surface area contributed by atoms with E-state index in [1.54, 1.807) is 24.8 Å². The number of fused-ring (bicyclic) bond motifs is 1. The highest BCUT2D eigenvalue weighted by molar-refractivity contribution is 7.09. The highest BCUT2D eigenvalue weighted by atomic mass is 32.1. The fourth-order valence-electron chi connectivity index (χ4n) is 1.15. The molecule has 0 spiro atoms. The summed E-state index contributed by atoms with van der Waals surface area (Å²) in [7, 11) is 0. The van der Waals surface area contributed by atoms with Crippen molar-refractivity contribution >= 4 is 17.3 Å². The lowest BCUT2D eigenvalue weighted by atomic mass is 10.5. The molecule has 0 amide bonds. The zero-order chi connectivity index (χ0) is 9.38. The quantitative estimate of drug-likeness (QED) is 0.597. The minimum atomic E-state index is 0.704. The maximum Gasteiger partial charge on any atom is 0.244 e. The van der Waals surface area contributed by atoms with Crippen LogP contribution < -0.4 is 0 Å². The molecule has 3 aromatic rings. The molecule has 0 saturated heterocycles. The first kappa shape index (κ1) is 7.57. The monoisotopic (exact) mass is 203 g/mol. The SMILES string of the molecule is c1cnc(-c2nc3nccn3s2)cn1. The van der Waals surface area contributed by atoms with Crippen LogP contribution in [0.5, 0.6) is 0 Å². The molecule has 68 valence electrons. The van der Waals surface area contributed by atoms with E-state index in [1.165, 1.54) is 11.5 Å². The smallest absolute Gasteiger partial charge is 0.244 e. The van der Waals surface area contributed by atoms with E-state index < -0.39 is 0 Å². The van der Waals surface area contributed by atoms with Gasteiger partial charge in [-0.25, -0.2) is 8.77 Å². The van der Waals surface area contributed by atoms with E-state index in [2.05, 4.69) is 19.9 Å². The third-order valence-electron chi connectivity index (χ3n) is 1.76. The van der Waals surface area contributed by atoms with Gasteiger partial charge in [0.1, 0.15) is 5.69 Å². The Morgan fingerprint density at radius 3 is 2.93 bits per heavy atom. The molecule has 0 aliphatic heterocycles. The third kappa shape index (κ3) is 1.08. The molecule has 14 heavy (non-hydrogen) atoms. The Morgan fingerprint density at radius 2 is 2.14 bits per heavy atom. The van der Waals surface area contributed by atoms with E-state index in [9.17, 15) is 0 Å². The summed E-state index contributed by atoms with van der Waals surface area (Å²) in [6.45, 7) is 0. The second kappa shape index (κ2) is 2.85. The molecule has 3 aromatic heterocycles. The van der Waals surface area contributed by atoms with Crippen molar-refractivity contribution in [1.82, 2.24) is 23.7 Å². The summed E-state index contributed by atoms with van der Waals surface area (Å²) >= 11 is 1.50. The van der Waals surface area contributed by atoms with Gasteiger partial charge >= 0.3 is 0 Å². The largest absolute Gasteiger partial charge is 0.261 e. The van der Waals surface area contributed by atoms with Gasteiger partial charge < -0.3 is 0 Å². The fraction of sp³-hybridized carbons (Fsp3) is 0. The molecule has 0 saturated carbocycles. The Hall–Kier alpha value is -1.82. The first-order chi connectivity index (χ1) is 6.93. The zero-order valence-electron chi connectivity index (χ0n) is 7.03. The lowest BCUT2D eigenvalue weighted by Gasteiger charge is -1.89. The lowest BCUT2D eigenvalue weighted by Crippen LogP contribution is -1.82. The molecule has 0 radical (unpaired) electrons. The van der Waals surface area contributed by atoms with Gasteiger partial charge in [0.2, 0.25) is 5.78 Å². The van der Waals surface area contributed by atoms with Gasteiger partial charge in [-0.05, 0) is 11.5 Å². The Labute approximate surface area is 83.3 Å².